The van der Waals surface area contributed by atoms with Gasteiger partial charge in [-0.25, -0.2) is 9.37 Å². The first kappa shape index (κ1) is 14.2. The molecule has 0 radical (unpaired) electrons. The standard InChI is InChI=1S/C16H18FN3S/c1-10-9-21-16-19-12(3)15(20(10)16)8-18-11(2)13-6-4-5-7-14(13)17/h4-7,9,11,18H,8H2,1-3H3. The van der Waals surface area contributed by atoms with Crippen LogP contribution in [-0.4, -0.2) is 9.38 Å². The molecule has 2 aromatic heterocycles. The van der Waals surface area contributed by atoms with E-state index in [1.54, 1.807) is 17.4 Å². The van der Waals surface area contributed by atoms with Crippen molar-refractivity contribution in [2.45, 2.75) is 33.4 Å². The number of aryl methyl sites for hydroxylation is 2. The number of halogens is 1. The first-order valence-electron chi connectivity index (χ1n) is 6.97. The van der Waals surface area contributed by atoms with Crippen LogP contribution in [0.5, 0.6) is 0 Å². The first-order valence-corrected chi connectivity index (χ1v) is 7.85. The van der Waals surface area contributed by atoms with Crippen LogP contribution in [0.3, 0.4) is 0 Å². The predicted octanol–water partition coefficient (Wildman–Crippen LogP) is 4.00. The van der Waals surface area contributed by atoms with Gasteiger partial charge in [-0.05, 0) is 26.8 Å². The summed E-state index contributed by atoms with van der Waals surface area (Å²) in [6.07, 6.45) is 0. The molecule has 0 aliphatic carbocycles. The summed E-state index contributed by atoms with van der Waals surface area (Å²) in [5, 5.41) is 5.50. The van der Waals surface area contributed by atoms with E-state index in [1.807, 2.05) is 26.0 Å². The summed E-state index contributed by atoms with van der Waals surface area (Å²) >= 11 is 1.65. The number of aromatic nitrogens is 2. The molecule has 1 atom stereocenters. The van der Waals surface area contributed by atoms with Crippen LogP contribution in [0.15, 0.2) is 29.6 Å². The minimum absolute atomic E-state index is 0.0462. The van der Waals surface area contributed by atoms with Crippen LogP contribution in [0.2, 0.25) is 0 Å². The maximum absolute atomic E-state index is 13.8. The van der Waals surface area contributed by atoms with Crippen molar-refractivity contribution >= 4 is 16.3 Å². The Morgan fingerprint density at radius 2 is 2.10 bits per heavy atom. The molecule has 3 nitrogen and oxygen atoms in total. The van der Waals surface area contributed by atoms with E-state index in [4.69, 9.17) is 0 Å². The van der Waals surface area contributed by atoms with E-state index in [0.717, 1.165) is 16.3 Å². The summed E-state index contributed by atoms with van der Waals surface area (Å²) in [4.78, 5) is 5.58. The van der Waals surface area contributed by atoms with Gasteiger partial charge in [0, 0.05) is 29.2 Å². The molecule has 3 rings (SSSR count). The number of fused-ring (bicyclic) bond motifs is 1. The van der Waals surface area contributed by atoms with E-state index in [9.17, 15) is 4.39 Å². The highest BCUT2D eigenvalue weighted by Gasteiger charge is 2.14. The van der Waals surface area contributed by atoms with Gasteiger partial charge in [0.05, 0.1) is 11.4 Å². The summed E-state index contributed by atoms with van der Waals surface area (Å²) in [5.74, 6) is -0.167. The Bertz CT molecular complexity index is 775. The quantitative estimate of drug-likeness (QED) is 0.789. The van der Waals surface area contributed by atoms with E-state index in [-0.39, 0.29) is 11.9 Å². The second-order valence-corrected chi connectivity index (χ2v) is 6.10. The second kappa shape index (κ2) is 5.58. The van der Waals surface area contributed by atoms with Gasteiger partial charge < -0.3 is 5.32 Å². The molecule has 5 heteroatoms. The molecule has 0 spiro atoms. The number of rotatable bonds is 4. The third-order valence-electron chi connectivity index (χ3n) is 3.78. The van der Waals surface area contributed by atoms with Gasteiger partial charge in [-0.3, -0.25) is 4.40 Å². The summed E-state index contributed by atoms with van der Waals surface area (Å²) in [5.41, 5.74) is 4.05. The van der Waals surface area contributed by atoms with Crippen molar-refractivity contribution in [3.63, 3.8) is 0 Å². The molecule has 0 aliphatic heterocycles. The third kappa shape index (κ3) is 2.59. The normalized spacial score (nSPS) is 13.0. The Balaban J connectivity index is 1.82. The lowest BCUT2D eigenvalue weighted by molar-refractivity contribution is 0.522. The molecule has 21 heavy (non-hydrogen) atoms. The molecule has 1 aromatic carbocycles. The zero-order valence-corrected chi connectivity index (χ0v) is 13.2. The number of benzene rings is 1. The fourth-order valence-electron chi connectivity index (χ4n) is 2.56. The van der Waals surface area contributed by atoms with E-state index in [0.29, 0.717) is 12.1 Å². The number of thiazole rings is 1. The van der Waals surface area contributed by atoms with E-state index in [2.05, 4.69) is 27.0 Å². The molecular formula is C16H18FN3S. The number of hydrogen-bond acceptors (Lipinski definition) is 3. The number of hydrogen-bond donors (Lipinski definition) is 1. The summed E-state index contributed by atoms with van der Waals surface area (Å²) in [6, 6.07) is 6.85. The molecule has 1 unspecified atom stereocenters. The van der Waals surface area contributed by atoms with Crippen molar-refractivity contribution in [1.82, 2.24) is 14.7 Å². The van der Waals surface area contributed by atoms with Crippen LogP contribution in [-0.2, 0) is 6.54 Å². The molecule has 0 aliphatic rings. The SMILES string of the molecule is Cc1nc2scc(C)n2c1CNC(C)c1ccccc1F. The average molecular weight is 303 g/mol. The first-order chi connectivity index (χ1) is 10.1. The molecule has 0 saturated heterocycles. The van der Waals surface area contributed by atoms with Gasteiger partial charge >= 0.3 is 0 Å². The number of nitrogens with one attached hydrogen (secondary N) is 1. The van der Waals surface area contributed by atoms with Crippen molar-refractivity contribution in [3.8, 4) is 0 Å². The number of nitrogens with zero attached hydrogens (tertiary/aromatic N) is 2. The Morgan fingerprint density at radius 1 is 1.33 bits per heavy atom. The minimum atomic E-state index is -0.167. The number of imidazole rings is 1. The van der Waals surface area contributed by atoms with Crippen molar-refractivity contribution in [2.75, 3.05) is 0 Å². The predicted molar refractivity (Wildman–Crippen MR) is 84.2 cm³/mol. The minimum Gasteiger partial charge on any atom is -0.304 e. The zero-order chi connectivity index (χ0) is 15.0. The van der Waals surface area contributed by atoms with Crippen LogP contribution in [0, 0.1) is 19.7 Å². The molecule has 0 fully saturated rings. The van der Waals surface area contributed by atoms with Gasteiger partial charge in [0.1, 0.15) is 5.82 Å². The van der Waals surface area contributed by atoms with Crippen LogP contribution < -0.4 is 5.32 Å². The van der Waals surface area contributed by atoms with Crippen LogP contribution >= 0.6 is 11.3 Å². The van der Waals surface area contributed by atoms with Crippen molar-refractivity contribution in [3.05, 3.63) is 58.1 Å². The van der Waals surface area contributed by atoms with Crippen LogP contribution in [0.4, 0.5) is 4.39 Å². The summed E-state index contributed by atoms with van der Waals surface area (Å²) < 4.78 is 16.0. The largest absolute Gasteiger partial charge is 0.304 e. The van der Waals surface area contributed by atoms with E-state index < -0.39 is 0 Å². The maximum atomic E-state index is 13.8. The summed E-state index contributed by atoms with van der Waals surface area (Å²) in [7, 11) is 0. The van der Waals surface area contributed by atoms with Crippen molar-refractivity contribution in [2.24, 2.45) is 0 Å². The van der Waals surface area contributed by atoms with E-state index in [1.165, 1.54) is 11.8 Å². The average Bonchev–Trinajstić information content (AvgIpc) is 2.96. The van der Waals surface area contributed by atoms with Gasteiger partial charge in [-0.15, -0.1) is 11.3 Å². The van der Waals surface area contributed by atoms with Gasteiger partial charge in [0.25, 0.3) is 0 Å². The fourth-order valence-corrected chi connectivity index (χ4v) is 3.49. The Labute approximate surface area is 127 Å². The molecule has 2 heterocycles. The topological polar surface area (TPSA) is 29.3 Å². The highest BCUT2D eigenvalue weighted by Crippen LogP contribution is 2.22. The van der Waals surface area contributed by atoms with Crippen molar-refractivity contribution < 1.29 is 4.39 Å². The van der Waals surface area contributed by atoms with Gasteiger partial charge in [-0.1, -0.05) is 18.2 Å². The zero-order valence-electron chi connectivity index (χ0n) is 12.4. The fraction of sp³-hybridized carbons (Fsp3) is 0.312. The maximum Gasteiger partial charge on any atom is 0.194 e. The Kier molecular flexibility index (Phi) is 3.78. The molecular weight excluding hydrogens is 285 g/mol. The molecule has 0 amide bonds. The second-order valence-electron chi connectivity index (χ2n) is 5.26. The van der Waals surface area contributed by atoms with Gasteiger partial charge in [-0.2, -0.15) is 0 Å². The molecule has 110 valence electrons. The van der Waals surface area contributed by atoms with Gasteiger partial charge in [0.2, 0.25) is 0 Å². The van der Waals surface area contributed by atoms with E-state index >= 15 is 0 Å². The van der Waals surface area contributed by atoms with Gasteiger partial charge in [0.15, 0.2) is 4.96 Å². The van der Waals surface area contributed by atoms with Crippen LogP contribution in [0.25, 0.3) is 4.96 Å². The highest BCUT2D eigenvalue weighted by molar-refractivity contribution is 7.15. The lowest BCUT2D eigenvalue weighted by Gasteiger charge is -2.15. The Hall–Kier alpha value is -1.72. The molecule has 0 bridgehead atoms. The summed E-state index contributed by atoms with van der Waals surface area (Å²) in [6.45, 7) is 6.74. The van der Waals surface area contributed by atoms with Crippen LogP contribution in [0.1, 0.15) is 35.6 Å². The molecule has 0 saturated carbocycles. The smallest absolute Gasteiger partial charge is 0.194 e. The third-order valence-corrected chi connectivity index (χ3v) is 4.72. The molecule has 3 aromatic rings. The monoisotopic (exact) mass is 303 g/mol. The lowest BCUT2D eigenvalue weighted by Crippen LogP contribution is -2.20. The molecule has 1 N–H and O–H groups in total. The Morgan fingerprint density at radius 3 is 2.86 bits per heavy atom. The van der Waals surface area contributed by atoms with Crippen molar-refractivity contribution in [1.29, 1.82) is 0 Å². The highest BCUT2D eigenvalue weighted by atomic mass is 32.1. The lowest BCUT2D eigenvalue weighted by atomic mass is 10.1.